The number of ether oxygens (including phenoxy) is 1. The summed E-state index contributed by atoms with van der Waals surface area (Å²) in [6, 6.07) is 3.15. The normalized spacial score (nSPS) is 21.3. The van der Waals surface area contributed by atoms with Crippen molar-refractivity contribution in [3.8, 4) is 11.4 Å². The van der Waals surface area contributed by atoms with Crippen LogP contribution in [0.3, 0.4) is 0 Å². The van der Waals surface area contributed by atoms with Crippen LogP contribution in [0.2, 0.25) is 0 Å². The molecule has 0 spiro atoms. The molecule has 0 radical (unpaired) electrons. The molecular weight excluding hydrogens is 385 g/mol. The number of hydrogen-bond acceptors (Lipinski definition) is 5. The van der Waals surface area contributed by atoms with Crippen LogP contribution in [0.1, 0.15) is 58.7 Å². The highest BCUT2D eigenvalue weighted by Gasteiger charge is 2.35. The van der Waals surface area contributed by atoms with Gasteiger partial charge in [0.2, 0.25) is 0 Å². The van der Waals surface area contributed by atoms with Crippen molar-refractivity contribution in [2.24, 2.45) is 5.73 Å². The molecule has 4 heterocycles. The van der Waals surface area contributed by atoms with Gasteiger partial charge in [0.25, 0.3) is 5.56 Å². The van der Waals surface area contributed by atoms with Crippen LogP contribution in [-0.4, -0.2) is 15.5 Å². The molecule has 0 saturated carbocycles. The summed E-state index contributed by atoms with van der Waals surface area (Å²) in [7, 11) is 0. The fraction of sp³-hybridized carbons (Fsp3) is 0.348. The predicted molar refractivity (Wildman–Crippen MR) is 109 cm³/mol. The minimum Gasteiger partial charge on any atom is -0.460 e. The van der Waals surface area contributed by atoms with Crippen LogP contribution in [0.25, 0.3) is 22.3 Å². The van der Waals surface area contributed by atoms with E-state index in [0.29, 0.717) is 46.6 Å². The van der Waals surface area contributed by atoms with Crippen molar-refractivity contribution in [3.63, 3.8) is 0 Å². The summed E-state index contributed by atoms with van der Waals surface area (Å²) < 4.78 is 21.5. The zero-order valence-electron chi connectivity index (χ0n) is 16.7. The van der Waals surface area contributed by atoms with Crippen LogP contribution in [0, 0.1) is 12.7 Å². The number of nitrogens with zero attached hydrogens (tertiary/aromatic N) is 2. The van der Waals surface area contributed by atoms with Gasteiger partial charge in [0.1, 0.15) is 12.4 Å². The number of carbonyl (C=O) groups is 1. The van der Waals surface area contributed by atoms with Gasteiger partial charge in [-0.1, -0.05) is 0 Å². The van der Waals surface area contributed by atoms with Crippen molar-refractivity contribution >= 4 is 16.9 Å². The largest absolute Gasteiger partial charge is 0.460 e. The van der Waals surface area contributed by atoms with E-state index in [9.17, 15) is 14.0 Å². The second-order valence-electron chi connectivity index (χ2n) is 8.54. The summed E-state index contributed by atoms with van der Waals surface area (Å²) in [6.07, 6.45) is 1.44. The molecule has 152 valence electrons. The van der Waals surface area contributed by atoms with Crippen LogP contribution >= 0.6 is 0 Å². The SMILES string of the molecule is Cc1c(F)cc2nc3c(c4c2c1CC[C@@H]4N)Cn1c-3cc2c(c1=O)COC(=O)[C@H]2C. The molecule has 6 rings (SSSR count). The Bertz CT molecular complexity index is 1380. The smallest absolute Gasteiger partial charge is 0.313 e. The van der Waals surface area contributed by atoms with Crippen LogP contribution in [0.15, 0.2) is 16.9 Å². The molecule has 2 aliphatic heterocycles. The molecule has 0 saturated heterocycles. The van der Waals surface area contributed by atoms with Gasteiger partial charge in [-0.25, -0.2) is 9.37 Å². The molecule has 7 heteroatoms. The van der Waals surface area contributed by atoms with Crippen LogP contribution in [0.5, 0.6) is 0 Å². The minimum absolute atomic E-state index is 0.00963. The molecule has 6 nitrogen and oxygen atoms in total. The Labute approximate surface area is 171 Å². The Kier molecular flexibility index (Phi) is 3.41. The van der Waals surface area contributed by atoms with Gasteiger partial charge in [-0.3, -0.25) is 9.59 Å². The monoisotopic (exact) mass is 405 g/mol. The van der Waals surface area contributed by atoms with Crippen molar-refractivity contribution in [1.82, 2.24) is 9.55 Å². The molecule has 2 aromatic heterocycles. The molecule has 1 aromatic carbocycles. The fourth-order valence-corrected chi connectivity index (χ4v) is 5.33. The molecule has 2 N–H and O–H groups in total. The highest BCUT2D eigenvalue weighted by atomic mass is 19.1. The zero-order valence-corrected chi connectivity index (χ0v) is 16.7. The first-order valence-corrected chi connectivity index (χ1v) is 10.2. The van der Waals surface area contributed by atoms with Crippen LogP contribution in [0.4, 0.5) is 4.39 Å². The molecular formula is C23H20FN3O3. The summed E-state index contributed by atoms with van der Waals surface area (Å²) in [4.78, 5) is 30.1. The first-order chi connectivity index (χ1) is 14.4. The summed E-state index contributed by atoms with van der Waals surface area (Å²) >= 11 is 0. The van der Waals surface area contributed by atoms with Crippen molar-refractivity contribution in [1.29, 1.82) is 0 Å². The Morgan fingerprint density at radius 1 is 1.23 bits per heavy atom. The van der Waals surface area contributed by atoms with Gasteiger partial charge in [-0.2, -0.15) is 0 Å². The highest BCUT2D eigenvalue weighted by molar-refractivity contribution is 5.93. The summed E-state index contributed by atoms with van der Waals surface area (Å²) in [6.45, 7) is 3.90. The number of benzene rings is 1. The van der Waals surface area contributed by atoms with E-state index in [1.807, 2.05) is 6.07 Å². The van der Waals surface area contributed by atoms with Gasteiger partial charge in [0.05, 0.1) is 34.9 Å². The summed E-state index contributed by atoms with van der Waals surface area (Å²) in [5.41, 5.74) is 13.0. The Hall–Kier alpha value is -3.06. The van der Waals surface area contributed by atoms with Crippen molar-refractivity contribution in [2.75, 3.05) is 0 Å². The Morgan fingerprint density at radius 3 is 2.83 bits per heavy atom. The maximum atomic E-state index is 14.6. The number of hydrogen-bond donors (Lipinski definition) is 1. The number of fused-ring (bicyclic) bond motifs is 5. The first-order valence-electron chi connectivity index (χ1n) is 10.2. The molecule has 0 unspecified atom stereocenters. The molecule has 2 atom stereocenters. The quantitative estimate of drug-likeness (QED) is 0.455. The van der Waals surface area contributed by atoms with E-state index in [4.69, 9.17) is 15.5 Å². The molecule has 0 bridgehead atoms. The van der Waals surface area contributed by atoms with E-state index in [-0.39, 0.29) is 30.0 Å². The maximum absolute atomic E-state index is 14.6. The predicted octanol–water partition coefficient (Wildman–Crippen LogP) is 2.98. The lowest BCUT2D eigenvalue weighted by molar-refractivity contribution is -0.147. The average molecular weight is 405 g/mol. The third kappa shape index (κ3) is 2.08. The van der Waals surface area contributed by atoms with Gasteiger partial charge in [-0.05, 0) is 55.0 Å². The van der Waals surface area contributed by atoms with Crippen molar-refractivity contribution < 1.29 is 13.9 Å². The number of aromatic nitrogens is 2. The standard InChI is InChI=1S/C23H20FN3O3/c1-9-11-3-4-16(25)19-13-7-27-18(21(13)26-17(20(11)19)6-15(9)24)5-12-10(2)23(29)30-8-14(12)22(27)28/h5-6,10,16H,3-4,7-8,25H2,1-2H3/t10-,16-/m0/s1. The number of pyridine rings is 2. The van der Waals surface area contributed by atoms with Crippen molar-refractivity contribution in [3.05, 3.63) is 61.7 Å². The third-order valence-corrected chi connectivity index (χ3v) is 6.99. The molecule has 0 fully saturated rings. The molecule has 3 aromatic rings. The van der Waals surface area contributed by atoms with E-state index >= 15 is 0 Å². The van der Waals surface area contributed by atoms with Gasteiger partial charge < -0.3 is 15.0 Å². The summed E-state index contributed by atoms with van der Waals surface area (Å²) in [5, 5.41) is 0.934. The van der Waals surface area contributed by atoms with E-state index < -0.39 is 5.92 Å². The fourth-order valence-electron chi connectivity index (χ4n) is 5.33. The average Bonchev–Trinajstić information content (AvgIpc) is 3.09. The number of nitrogens with two attached hydrogens (primary N) is 1. The zero-order chi connectivity index (χ0) is 20.9. The number of halogens is 1. The second-order valence-corrected chi connectivity index (χ2v) is 8.54. The maximum Gasteiger partial charge on any atom is 0.313 e. The Morgan fingerprint density at radius 2 is 2.03 bits per heavy atom. The number of aryl methyl sites for hydroxylation is 1. The van der Waals surface area contributed by atoms with E-state index in [0.717, 1.165) is 28.5 Å². The van der Waals surface area contributed by atoms with E-state index in [1.54, 1.807) is 18.4 Å². The molecule has 3 aliphatic rings. The second kappa shape index (κ2) is 5.76. The number of esters is 1. The van der Waals surface area contributed by atoms with Gasteiger partial charge >= 0.3 is 5.97 Å². The topological polar surface area (TPSA) is 87.2 Å². The van der Waals surface area contributed by atoms with Gasteiger partial charge in [0.15, 0.2) is 0 Å². The summed E-state index contributed by atoms with van der Waals surface area (Å²) in [5.74, 6) is -1.12. The number of rotatable bonds is 0. The lowest BCUT2D eigenvalue weighted by atomic mass is 9.82. The van der Waals surface area contributed by atoms with Crippen LogP contribution < -0.4 is 11.3 Å². The Balaban J connectivity index is 1.70. The molecule has 1 aliphatic carbocycles. The lowest BCUT2D eigenvalue weighted by Crippen LogP contribution is -2.31. The van der Waals surface area contributed by atoms with E-state index in [1.165, 1.54) is 6.07 Å². The third-order valence-electron chi connectivity index (χ3n) is 6.99. The van der Waals surface area contributed by atoms with Crippen molar-refractivity contribution in [2.45, 2.75) is 51.8 Å². The number of carbonyl (C=O) groups excluding carboxylic acids is 1. The van der Waals surface area contributed by atoms with E-state index in [2.05, 4.69) is 0 Å². The minimum atomic E-state index is -0.510. The number of cyclic esters (lactones) is 1. The van der Waals surface area contributed by atoms with Gasteiger partial charge in [0, 0.05) is 23.1 Å². The lowest BCUT2D eigenvalue weighted by Gasteiger charge is -2.26. The van der Waals surface area contributed by atoms with Gasteiger partial charge in [-0.15, -0.1) is 0 Å². The van der Waals surface area contributed by atoms with Crippen LogP contribution in [-0.2, 0) is 29.1 Å². The molecule has 30 heavy (non-hydrogen) atoms. The highest BCUT2D eigenvalue weighted by Crippen LogP contribution is 2.44. The first kappa shape index (κ1) is 17.8. The molecule has 0 amide bonds.